The van der Waals surface area contributed by atoms with Gasteiger partial charge in [-0.25, -0.2) is 24.1 Å². The highest BCUT2D eigenvalue weighted by molar-refractivity contribution is 6.12. The lowest BCUT2D eigenvalue weighted by Crippen LogP contribution is -2.45. The van der Waals surface area contributed by atoms with Crippen molar-refractivity contribution in [1.29, 1.82) is 0 Å². The Morgan fingerprint density at radius 1 is 0.918 bits per heavy atom. The monoisotopic (exact) mass is 999 g/mol. The number of ketones is 1. The molecular formula is C53H66N12O8. The number of fused-ring (bicyclic) bond motifs is 1. The molecule has 1 aromatic carbocycles. The molecule has 2 aliphatic rings. The summed E-state index contributed by atoms with van der Waals surface area (Å²) < 4.78 is 7.65. The van der Waals surface area contributed by atoms with Crippen molar-refractivity contribution >= 4 is 52.9 Å². The van der Waals surface area contributed by atoms with E-state index in [0.717, 1.165) is 41.8 Å². The van der Waals surface area contributed by atoms with Gasteiger partial charge in [0.05, 0.1) is 29.7 Å². The molecule has 73 heavy (non-hydrogen) atoms. The number of hydrogen-bond donors (Lipinski definition) is 5. The molecule has 5 aromatic rings. The molecule has 1 fully saturated rings. The molecule has 7 amide bonds. The zero-order valence-electron chi connectivity index (χ0n) is 41.8. The molecule has 2 atom stereocenters. The number of anilines is 1. The lowest BCUT2D eigenvalue weighted by Gasteiger charge is -2.28. The normalized spacial score (nSPS) is 14.6. The summed E-state index contributed by atoms with van der Waals surface area (Å²) in [6, 6.07) is 15.0. The van der Waals surface area contributed by atoms with Crippen molar-refractivity contribution in [2.45, 2.75) is 117 Å². The second-order valence-corrected chi connectivity index (χ2v) is 19.2. The smallest absolute Gasteiger partial charge is 0.410 e. The molecule has 1 aliphatic carbocycles. The number of nitrogens with zero attached hydrogens (tertiary/aromatic N) is 7. The van der Waals surface area contributed by atoms with Crippen LogP contribution >= 0.6 is 0 Å². The van der Waals surface area contributed by atoms with Crippen LogP contribution in [0.25, 0.3) is 28.3 Å². The zero-order chi connectivity index (χ0) is 51.9. The van der Waals surface area contributed by atoms with Crippen LogP contribution in [0.15, 0.2) is 79.3 Å². The number of nitrogens with one attached hydrogen (secondary N) is 4. The quantitative estimate of drug-likeness (QED) is 0.0299. The maximum absolute atomic E-state index is 14.1. The van der Waals surface area contributed by atoms with E-state index in [0.29, 0.717) is 78.0 Å². The minimum Gasteiger partial charge on any atom is -0.445 e. The number of pyridine rings is 2. The van der Waals surface area contributed by atoms with E-state index >= 15 is 0 Å². The van der Waals surface area contributed by atoms with E-state index in [1.807, 2.05) is 57.3 Å². The van der Waals surface area contributed by atoms with Gasteiger partial charge in [0.2, 0.25) is 11.8 Å². The number of hydrogen-bond acceptors (Lipinski definition) is 12. The Kier molecular flexibility index (Phi) is 18.6. The summed E-state index contributed by atoms with van der Waals surface area (Å²) in [5.41, 5.74) is 10.8. The van der Waals surface area contributed by atoms with Crippen molar-refractivity contribution in [2.75, 3.05) is 25.0 Å². The molecule has 0 radical (unpaired) electrons. The molecular weight excluding hydrogens is 933 g/mol. The molecule has 20 nitrogen and oxygen atoms in total. The van der Waals surface area contributed by atoms with Gasteiger partial charge in [0.15, 0.2) is 11.4 Å². The molecule has 1 saturated carbocycles. The summed E-state index contributed by atoms with van der Waals surface area (Å²) in [7, 11) is 0. The highest BCUT2D eigenvalue weighted by Crippen LogP contribution is 2.31. The Balaban J connectivity index is 0.969. The first-order valence-electron chi connectivity index (χ1n) is 25.2. The fraction of sp³-hybridized carbons (Fsp3) is 0.453. The second-order valence-electron chi connectivity index (χ2n) is 19.2. The lowest BCUT2D eigenvalue weighted by atomic mass is 9.89. The molecule has 0 unspecified atom stereocenters. The fourth-order valence-corrected chi connectivity index (χ4v) is 9.27. The van der Waals surface area contributed by atoms with Crippen LogP contribution in [-0.4, -0.2) is 107 Å². The number of carbonyl (C=O) groups is 7. The standard InChI is InChI=1S/C53H66N12O8/c1-34(2)48(62-45(67)17-8-5-9-27-64-46(68)24-25-47(64)69)42(66)28-38(15-11-26-55-52(54)71)51(70)59-40-21-18-37(19-22-40)32-73-53(72)63(29-36-13-6-4-7-14-36)31-43-60-49(39-20-23-44-56-33-57-65(44)30-39)50(61-43)41-16-10-12-35(3)58-41/h10,12,16,18-25,30,33-34,36,38,48H,4-9,11,13-15,17,26-29,31-32H2,1-3H3,(H,59,70)(H,60,61)(H,62,67)(H3,54,55,71)/t38-,48+/m1/s1. The van der Waals surface area contributed by atoms with E-state index in [1.54, 1.807) is 33.7 Å². The van der Waals surface area contributed by atoms with Crippen molar-refractivity contribution in [1.82, 2.24) is 50.0 Å². The first-order valence-corrected chi connectivity index (χ1v) is 25.2. The summed E-state index contributed by atoms with van der Waals surface area (Å²) in [4.78, 5) is 110. The summed E-state index contributed by atoms with van der Waals surface area (Å²) in [5, 5.41) is 12.6. The van der Waals surface area contributed by atoms with Crippen LogP contribution in [0.4, 0.5) is 15.3 Å². The number of urea groups is 1. The average Bonchev–Trinajstić information content (AvgIpc) is 4.11. The first-order chi connectivity index (χ1) is 35.2. The molecule has 0 saturated heterocycles. The minimum absolute atomic E-state index is 0.0291. The van der Waals surface area contributed by atoms with Gasteiger partial charge in [-0.3, -0.25) is 33.9 Å². The molecule has 0 spiro atoms. The number of Topliss-reactive ketones (excluding diaryl/α,β-unsaturated/α-hetero) is 1. The third-order valence-electron chi connectivity index (χ3n) is 13.2. The number of aromatic amines is 1. The maximum Gasteiger partial charge on any atom is 0.410 e. The van der Waals surface area contributed by atoms with Gasteiger partial charge < -0.3 is 36.3 Å². The van der Waals surface area contributed by atoms with Crippen LogP contribution < -0.4 is 21.7 Å². The van der Waals surface area contributed by atoms with Crippen molar-refractivity contribution in [3.05, 3.63) is 96.4 Å². The van der Waals surface area contributed by atoms with Crippen LogP contribution in [0, 0.1) is 24.7 Å². The van der Waals surface area contributed by atoms with E-state index in [4.69, 9.17) is 20.4 Å². The van der Waals surface area contributed by atoms with Gasteiger partial charge in [0.25, 0.3) is 11.8 Å². The molecule has 4 aromatic heterocycles. The number of H-pyrrole nitrogens is 1. The number of amides is 7. The van der Waals surface area contributed by atoms with Crippen molar-refractivity contribution in [2.24, 2.45) is 23.5 Å². The number of benzene rings is 1. The summed E-state index contributed by atoms with van der Waals surface area (Å²) in [6.07, 6.45) is 13.0. The Labute approximate surface area is 424 Å². The number of unbranched alkanes of at least 4 members (excludes halogenated alkanes) is 2. The van der Waals surface area contributed by atoms with Gasteiger partial charge >= 0.3 is 12.1 Å². The van der Waals surface area contributed by atoms with Crippen LogP contribution in [0.2, 0.25) is 0 Å². The molecule has 386 valence electrons. The summed E-state index contributed by atoms with van der Waals surface area (Å²) >= 11 is 0. The van der Waals surface area contributed by atoms with Crippen LogP contribution in [0.5, 0.6) is 0 Å². The number of rotatable bonds is 25. The van der Waals surface area contributed by atoms with Gasteiger partial charge in [0.1, 0.15) is 18.8 Å². The number of nitrogens with two attached hydrogens (primary N) is 1. The number of carbonyl (C=O) groups excluding carboxylic acids is 7. The van der Waals surface area contributed by atoms with Crippen molar-refractivity contribution < 1.29 is 38.3 Å². The van der Waals surface area contributed by atoms with E-state index in [-0.39, 0.29) is 74.9 Å². The topological polar surface area (TPSA) is 269 Å². The van der Waals surface area contributed by atoms with Crippen LogP contribution in [-0.2, 0) is 41.9 Å². The lowest BCUT2D eigenvalue weighted by molar-refractivity contribution is -0.137. The number of imide groups is 1. The largest absolute Gasteiger partial charge is 0.445 e. The predicted octanol–water partition coefficient (Wildman–Crippen LogP) is 6.80. The van der Waals surface area contributed by atoms with E-state index in [9.17, 15) is 33.6 Å². The van der Waals surface area contributed by atoms with Gasteiger partial charge in [-0.1, -0.05) is 57.7 Å². The first kappa shape index (κ1) is 53.0. The Morgan fingerprint density at radius 2 is 1.68 bits per heavy atom. The number of imidazole rings is 1. The number of aryl methyl sites for hydroxylation is 1. The number of primary amides is 1. The van der Waals surface area contributed by atoms with E-state index < -0.39 is 30.0 Å². The molecule has 7 rings (SSSR count). The highest BCUT2D eigenvalue weighted by Gasteiger charge is 2.30. The highest BCUT2D eigenvalue weighted by atomic mass is 16.6. The molecule has 5 heterocycles. The summed E-state index contributed by atoms with van der Waals surface area (Å²) in [6.45, 7) is 6.68. The van der Waals surface area contributed by atoms with Crippen LogP contribution in [0.3, 0.4) is 0 Å². The van der Waals surface area contributed by atoms with E-state index in [1.165, 1.54) is 24.9 Å². The zero-order valence-corrected chi connectivity index (χ0v) is 41.8. The third kappa shape index (κ3) is 15.1. The van der Waals surface area contributed by atoms with Crippen molar-refractivity contribution in [3.63, 3.8) is 0 Å². The van der Waals surface area contributed by atoms with E-state index in [2.05, 4.69) is 31.0 Å². The molecule has 0 bridgehead atoms. The van der Waals surface area contributed by atoms with Crippen molar-refractivity contribution in [3.8, 4) is 22.6 Å². The third-order valence-corrected chi connectivity index (χ3v) is 13.2. The minimum atomic E-state index is -0.843. The Bertz CT molecular complexity index is 2760. The second kappa shape index (κ2) is 25.6. The van der Waals surface area contributed by atoms with Gasteiger partial charge in [-0.15, -0.1) is 0 Å². The van der Waals surface area contributed by atoms with Gasteiger partial charge in [-0.05, 0) is 99.2 Å². The Hall–Kier alpha value is -7.77. The molecule has 20 heteroatoms. The summed E-state index contributed by atoms with van der Waals surface area (Å²) in [5.74, 6) is -1.90. The SMILES string of the molecule is Cc1cccc(-c2[nH]c(CN(CC3CCCCC3)C(=O)OCc3ccc(NC(=O)[C@H](CCCNC(N)=O)CC(=O)[C@@H](NC(=O)CCCCCN4C(=O)C=CC4=O)C(C)C)cc3)nc2-c2ccc3ncnn3c2)n1. The predicted molar refractivity (Wildman–Crippen MR) is 272 cm³/mol. The fourth-order valence-electron chi connectivity index (χ4n) is 9.27. The average molecular weight is 999 g/mol. The number of aromatic nitrogens is 6. The molecule has 1 aliphatic heterocycles. The Morgan fingerprint density at radius 3 is 2.41 bits per heavy atom. The van der Waals surface area contributed by atoms with Crippen LogP contribution in [0.1, 0.15) is 108 Å². The van der Waals surface area contributed by atoms with Gasteiger partial charge in [-0.2, -0.15) is 5.10 Å². The molecule has 6 N–H and O–H groups in total. The number of ether oxygens (including phenoxy) is 1. The maximum atomic E-state index is 14.1. The van der Waals surface area contributed by atoms with Gasteiger partial charge in [0, 0.05) is 73.7 Å².